The molecule has 5 heteroatoms. The molecule has 1 unspecified atom stereocenters. The summed E-state index contributed by atoms with van der Waals surface area (Å²) in [7, 11) is 0. The van der Waals surface area contributed by atoms with E-state index in [2.05, 4.69) is 0 Å². The van der Waals surface area contributed by atoms with E-state index in [1.54, 1.807) is 0 Å². The number of thioether (sulfide) groups is 1. The highest BCUT2D eigenvalue weighted by atomic mass is 32.2. The van der Waals surface area contributed by atoms with E-state index >= 15 is 0 Å². The van der Waals surface area contributed by atoms with Crippen LogP contribution in [0.3, 0.4) is 0 Å². The van der Waals surface area contributed by atoms with Gasteiger partial charge in [0, 0.05) is 0 Å². The minimum absolute atomic E-state index is 0.0947. The van der Waals surface area contributed by atoms with Gasteiger partial charge in [-0.3, -0.25) is 9.69 Å². The van der Waals surface area contributed by atoms with Crippen molar-refractivity contribution in [3.05, 3.63) is 30.3 Å². The first-order valence-corrected chi connectivity index (χ1v) is 5.99. The SMILES string of the molecule is N#CCC1SC(=S)N(c2ccccc2)C1=O. The van der Waals surface area contributed by atoms with E-state index in [4.69, 9.17) is 17.5 Å². The second-order valence-corrected chi connectivity index (χ2v) is 5.08. The third kappa shape index (κ3) is 1.94. The normalized spacial score (nSPS) is 19.9. The summed E-state index contributed by atoms with van der Waals surface area (Å²) >= 11 is 6.44. The van der Waals surface area contributed by atoms with E-state index in [-0.39, 0.29) is 17.6 Å². The van der Waals surface area contributed by atoms with Crippen molar-refractivity contribution < 1.29 is 4.79 Å². The number of nitriles is 1. The van der Waals surface area contributed by atoms with Crippen molar-refractivity contribution in [3.63, 3.8) is 0 Å². The summed E-state index contributed by atoms with van der Waals surface area (Å²) in [5.74, 6) is -0.0947. The molecule has 0 spiro atoms. The summed E-state index contributed by atoms with van der Waals surface area (Å²) < 4.78 is 0.524. The third-order valence-electron chi connectivity index (χ3n) is 2.21. The first kappa shape index (κ1) is 11.1. The Balaban J connectivity index is 2.27. The monoisotopic (exact) mass is 248 g/mol. The molecule has 80 valence electrons. The Labute approximate surface area is 103 Å². The highest BCUT2D eigenvalue weighted by Gasteiger charge is 2.37. The largest absolute Gasteiger partial charge is 0.273 e. The van der Waals surface area contributed by atoms with Crippen molar-refractivity contribution in [2.75, 3.05) is 4.90 Å². The molecule has 1 aliphatic rings. The molecule has 1 saturated heterocycles. The lowest BCUT2D eigenvalue weighted by Crippen LogP contribution is -2.31. The number of thiocarbonyl (C=S) groups is 1. The fourth-order valence-corrected chi connectivity index (χ4v) is 2.93. The molecular weight excluding hydrogens is 240 g/mol. The predicted octanol–water partition coefficient (Wildman–Crippen LogP) is 2.33. The molecule has 0 N–H and O–H groups in total. The Morgan fingerprint density at radius 1 is 1.44 bits per heavy atom. The van der Waals surface area contributed by atoms with E-state index in [1.807, 2.05) is 36.4 Å². The van der Waals surface area contributed by atoms with E-state index in [9.17, 15) is 4.79 Å². The van der Waals surface area contributed by atoms with Gasteiger partial charge in [-0.1, -0.05) is 42.2 Å². The van der Waals surface area contributed by atoms with Crippen LogP contribution in [0.1, 0.15) is 6.42 Å². The third-order valence-corrected chi connectivity index (χ3v) is 3.72. The Morgan fingerprint density at radius 3 is 2.75 bits per heavy atom. The molecule has 1 aliphatic heterocycles. The van der Waals surface area contributed by atoms with Gasteiger partial charge in [0.1, 0.15) is 9.57 Å². The van der Waals surface area contributed by atoms with Gasteiger partial charge in [-0.25, -0.2) is 0 Å². The van der Waals surface area contributed by atoms with Gasteiger partial charge in [0.2, 0.25) is 5.91 Å². The van der Waals surface area contributed by atoms with Crippen LogP contribution in [-0.2, 0) is 4.79 Å². The van der Waals surface area contributed by atoms with E-state index in [0.717, 1.165) is 5.69 Å². The maximum absolute atomic E-state index is 12.0. The van der Waals surface area contributed by atoms with E-state index in [0.29, 0.717) is 4.32 Å². The summed E-state index contributed by atoms with van der Waals surface area (Å²) in [6, 6.07) is 11.3. The van der Waals surface area contributed by atoms with Crippen LogP contribution in [0, 0.1) is 11.3 Å². The summed E-state index contributed by atoms with van der Waals surface area (Å²) in [6.45, 7) is 0. The first-order valence-electron chi connectivity index (χ1n) is 4.70. The Bertz CT molecular complexity index is 467. The van der Waals surface area contributed by atoms with Gasteiger partial charge in [0.15, 0.2) is 0 Å². The fraction of sp³-hybridized carbons (Fsp3) is 0.182. The number of nitrogens with zero attached hydrogens (tertiary/aromatic N) is 2. The lowest BCUT2D eigenvalue weighted by atomic mass is 10.2. The molecule has 1 atom stereocenters. The number of carbonyl (C=O) groups excluding carboxylic acids is 1. The van der Waals surface area contributed by atoms with Gasteiger partial charge >= 0.3 is 0 Å². The van der Waals surface area contributed by atoms with Crippen LogP contribution in [0.15, 0.2) is 30.3 Å². The van der Waals surface area contributed by atoms with Crippen molar-refractivity contribution in [1.29, 1.82) is 5.26 Å². The predicted molar refractivity (Wildman–Crippen MR) is 68.1 cm³/mol. The number of carbonyl (C=O) groups is 1. The molecule has 3 nitrogen and oxygen atoms in total. The topological polar surface area (TPSA) is 44.1 Å². The summed E-state index contributed by atoms with van der Waals surface area (Å²) in [4.78, 5) is 13.5. The molecule has 1 aromatic rings. The molecule has 2 rings (SSSR count). The van der Waals surface area contributed by atoms with Crippen LogP contribution in [0.5, 0.6) is 0 Å². The summed E-state index contributed by atoms with van der Waals surface area (Å²) in [5.41, 5.74) is 0.769. The Kier molecular flexibility index (Phi) is 3.22. The van der Waals surface area contributed by atoms with Gasteiger partial charge < -0.3 is 0 Å². The first-order chi connectivity index (χ1) is 7.74. The average molecular weight is 248 g/mol. The molecule has 16 heavy (non-hydrogen) atoms. The van der Waals surface area contributed by atoms with Crippen LogP contribution in [-0.4, -0.2) is 15.5 Å². The quantitative estimate of drug-likeness (QED) is 0.753. The maximum atomic E-state index is 12.0. The zero-order chi connectivity index (χ0) is 11.5. The van der Waals surface area contributed by atoms with Crippen molar-refractivity contribution in [1.82, 2.24) is 0 Å². The summed E-state index contributed by atoms with van der Waals surface area (Å²) in [5, 5.41) is 8.26. The lowest BCUT2D eigenvalue weighted by molar-refractivity contribution is -0.116. The number of para-hydroxylation sites is 1. The minimum atomic E-state index is -0.349. The number of benzene rings is 1. The molecular formula is C11H8N2OS2. The fourth-order valence-electron chi connectivity index (χ4n) is 1.48. The van der Waals surface area contributed by atoms with Crippen molar-refractivity contribution >= 4 is 39.9 Å². The van der Waals surface area contributed by atoms with Gasteiger partial charge in [-0.15, -0.1) is 0 Å². The molecule has 0 radical (unpaired) electrons. The summed E-state index contributed by atoms with van der Waals surface area (Å²) in [6.07, 6.45) is 0.201. The van der Waals surface area contributed by atoms with Crippen molar-refractivity contribution in [2.24, 2.45) is 0 Å². The van der Waals surface area contributed by atoms with E-state index < -0.39 is 0 Å². The van der Waals surface area contributed by atoms with Crippen molar-refractivity contribution in [3.8, 4) is 6.07 Å². The molecule has 0 aliphatic carbocycles. The van der Waals surface area contributed by atoms with Crippen LogP contribution >= 0.6 is 24.0 Å². The van der Waals surface area contributed by atoms with Gasteiger partial charge in [0.05, 0.1) is 18.2 Å². The molecule has 1 aromatic carbocycles. The number of anilines is 1. The highest BCUT2D eigenvalue weighted by molar-refractivity contribution is 8.25. The molecule has 1 fully saturated rings. The number of hydrogen-bond donors (Lipinski definition) is 0. The molecule has 1 amide bonds. The number of hydrogen-bond acceptors (Lipinski definition) is 4. The second-order valence-electron chi connectivity index (χ2n) is 3.24. The molecule has 0 bridgehead atoms. The number of amides is 1. The minimum Gasteiger partial charge on any atom is -0.273 e. The average Bonchev–Trinajstić information content (AvgIpc) is 2.56. The second kappa shape index (κ2) is 4.64. The van der Waals surface area contributed by atoms with Crippen LogP contribution < -0.4 is 4.90 Å². The lowest BCUT2D eigenvalue weighted by Gasteiger charge is -2.14. The zero-order valence-corrected chi connectivity index (χ0v) is 9.92. The number of rotatable bonds is 2. The highest BCUT2D eigenvalue weighted by Crippen LogP contribution is 2.33. The standard InChI is InChI=1S/C11H8N2OS2/c12-7-6-9-10(14)13(11(15)16-9)8-4-2-1-3-5-8/h1-5,9H,6H2. The maximum Gasteiger partial charge on any atom is 0.247 e. The van der Waals surface area contributed by atoms with Gasteiger partial charge in [0.25, 0.3) is 0 Å². The molecule has 0 aromatic heterocycles. The molecule has 0 saturated carbocycles. The van der Waals surface area contributed by atoms with Gasteiger partial charge in [-0.05, 0) is 12.1 Å². The van der Waals surface area contributed by atoms with Crippen LogP contribution in [0.2, 0.25) is 0 Å². The van der Waals surface area contributed by atoms with Crippen molar-refractivity contribution in [2.45, 2.75) is 11.7 Å². The smallest absolute Gasteiger partial charge is 0.247 e. The Hall–Kier alpha value is -1.38. The van der Waals surface area contributed by atoms with Gasteiger partial charge in [-0.2, -0.15) is 5.26 Å². The van der Waals surface area contributed by atoms with Crippen LogP contribution in [0.25, 0.3) is 0 Å². The zero-order valence-electron chi connectivity index (χ0n) is 8.29. The molecule has 1 heterocycles. The van der Waals surface area contributed by atoms with E-state index in [1.165, 1.54) is 16.7 Å². The van der Waals surface area contributed by atoms with Crippen LogP contribution in [0.4, 0.5) is 5.69 Å². The Morgan fingerprint density at radius 2 is 2.12 bits per heavy atom.